The van der Waals surface area contributed by atoms with Crippen LogP contribution >= 0.6 is 0 Å². The van der Waals surface area contributed by atoms with Gasteiger partial charge in [-0.3, -0.25) is 4.79 Å². The maximum atomic E-state index is 10.6. The van der Waals surface area contributed by atoms with Crippen molar-refractivity contribution in [1.82, 2.24) is 0 Å². The van der Waals surface area contributed by atoms with Gasteiger partial charge < -0.3 is 9.84 Å². The molecule has 15 heavy (non-hydrogen) atoms. The van der Waals surface area contributed by atoms with Gasteiger partial charge in [-0.05, 0) is 37.0 Å². The number of carboxylic acid groups (broad SMARTS) is 1. The third-order valence-corrected chi connectivity index (χ3v) is 2.63. The molecule has 0 spiro atoms. The number of carbonyl (C=O) groups is 1. The molecule has 0 bridgehead atoms. The van der Waals surface area contributed by atoms with E-state index in [4.69, 9.17) is 9.84 Å². The van der Waals surface area contributed by atoms with Gasteiger partial charge in [0, 0.05) is 0 Å². The van der Waals surface area contributed by atoms with Crippen LogP contribution in [0.5, 0.6) is 5.75 Å². The highest BCUT2D eigenvalue weighted by Gasteiger charge is 2.16. The normalized spacial score (nSPS) is 19.1. The Bertz CT molecular complexity index is 384. The van der Waals surface area contributed by atoms with Crippen LogP contribution < -0.4 is 4.74 Å². The topological polar surface area (TPSA) is 46.5 Å². The van der Waals surface area contributed by atoms with Gasteiger partial charge in [-0.15, -0.1) is 0 Å². The molecule has 1 atom stereocenters. The van der Waals surface area contributed by atoms with Crippen molar-refractivity contribution < 1.29 is 14.6 Å². The first kappa shape index (κ1) is 10.0. The Kier molecular flexibility index (Phi) is 2.62. The van der Waals surface area contributed by atoms with Gasteiger partial charge in [-0.25, -0.2) is 0 Å². The molecule has 1 aromatic carbocycles. The fraction of sp³-hybridized carbons (Fsp3) is 0.417. The van der Waals surface area contributed by atoms with Crippen LogP contribution in [0.1, 0.15) is 24.5 Å². The second kappa shape index (κ2) is 3.93. The fourth-order valence-electron chi connectivity index (χ4n) is 1.86. The van der Waals surface area contributed by atoms with Crippen LogP contribution in [0.2, 0.25) is 0 Å². The van der Waals surface area contributed by atoms with Crippen molar-refractivity contribution in [3.63, 3.8) is 0 Å². The molecule has 0 saturated carbocycles. The lowest BCUT2D eigenvalue weighted by Gasteiger charge is -2.23. The summed E-state index contributed by atoms with van der Waals surface area (Å²) in [4.78, 5) is 10.6. The Morgan fingerprint density at radius 1 is 1.60 bits per heavy atom. The van der Waals surface area contributed by atoms with Crippen molar-refractivity contribution in [2.75, 3.05) is 0 Å². The summed E-state index contributed by atoms with van der Waals surface area (Å²) in [5.41, 5.74) is 1.98. The van der Waals surface area contributed by atoms with Gasteiger partial charge in [0.05, 0.1) is 12.5 Å². The van der Waals surface area contributed by atoms with Gasteiger partial charge in [0.15, 0.2) is 0 Å². The highest BCUT2D eigenvalue weighted by molar-refractivity contribution is 5.70. The zero-order valence-corrected chi connectivity index (χ0v) is 8.69. The summed E-state index contributed by atoms with van der Waals surface area (Å²) in [5.74, 6) is 0.114. The molecule has 0 saturated heterocycles. The van der Waals surface area contributed by atoms with Gasteiger partial charge in [-0.2, -0.15) is 0 Å². The molecule has 3 heteroatoms. The second-order valence-electron chi connectivity index (χ2n) is 3.98. The minimum absolute atomic E-state index is 0.0861. The van der Waals surface area contributed by atoms with Crippen LogP contribution in [0, 0.1) is 0 Å². The average molecular weight is 206 g/mol. The number of aliphatic carboxylic acids is 1. The lowest BCUT2D eigenvalue weighted by molar-refractivity contribution is -0.136. The molecule has 80 valence electrons. The monoisotopic (exact) mass is 206 g/mol. The number of benzene rings is 1. The molecule has 0 amide bonds. The van der Waals surface area contributed by atoms with E-state index in [0.717, 1.165) is 29.7 Å². The van der Waals surface area contributed by atoms with E-state index in [1.165, 1.54) is 0 Å². The lowest BCUT2D eigenvalue weighted by atomic mass is 9.99. The zero-order chi connectivity index (χ0) is 10.8. The zero-order valence-electron chi connectivity index (χ0n) is 8.69. The number of aryl methyl sites for hydroxylation is 1. The van der Waals surface area contributed by atoms with E-state index in [2.05, 4.69) is 0 Å². The van der Waals surface area contributed by atoms with Gasteiger partial charge in [0.2, 0.25) is 0 Å². The molecule has 1 aliphatic rings. The third-order valence-electron chi connectivity index (χ3n) is 2.63. The van der Waals surface area contributed by atoms with Crippen LogP contribution in [0.4, 0.5) is 0 Å². The van der Waals surface area contributed by atoms with Crippen LogP contribution in [0.3, 0.4) is 0 Å². The maximum absolute atomic E-state index is 10.6. The lowest BCUT2D eigenvalue weighted by Crippen LogP contribution is -2.19. The summed E-state index contributed by atoms with van der Waals surface area (Å²) >= 11 is 0. The highest BCUT2D eigenvalue weighted by atomic mass is 16.5. The van der Waals surface area contributed by atoms with Crippen LogP contribution in [0.25, 0.3) is 0 Å². The van der Waals surface area contributed by atoms with Crippen molar-refractivity contribution >= 4 is 5.97 Å². The minimum Gasteiger partial charge on any atom is -0.490 e. The SMILES string of the molecule is C[C@H]1CCc2cc(CC(=O)O)ccc2O1. The molecule has 0 radical (unpaired) electrons. The van der Waals surface area contributed by atoms with E-state index in [0.29, 0.717) is 0 Å². The van der Waals surface area contributed by atoms with E-state index in [9.17, 15) is 4.79 Å². The summed E-state index contributed by atoms with van der Waals surface area (Å²) in [6.45, 7) is 2.05. The highest BCUT2D eigenvalue weighted by Crippen LogP contribution is 2.28. The number of rotatable bonds is 2. The summed E-state index contributed by atoms with van der Waals surface area (Å²) in [6, 6.07) is 5.64. The number of fused-ring (bicyclic) bond motifs is 1. The predicted octanol–water partition coefficient (Wildman–Crippen LogP) is 2.03. The summed E-state index contributed by atoms with van der Waals surface area (Å²) in [5, 5.41) is 8.68. The van der Waals surface area contributed by atoms with Gasteiger partial charge in [0.1, 0.15) is 5.75 Å². The van der Waals surface area contributed by atoms with E-state index in [1.807, 2.05) is 25.1 Å². The predicted molar refractivity (Wildman–Crippen MR) is 56.2 cm³/mol. The summed E-state index contributed by atoms with van der Waals surface area (Å²) < 4.78 is 5.64. The third kappa shape index (κ3) is 2.29. The molecule has 0 aromatic heterocycles. The van der Waals surface area contributed by atoms with Crippen molar-refractivity contribution in [3.8, 4) is 5.75 Å². The maximum Gasteiger partial charge on any atom is 0.307 e. The van der Waals surface area contributed by atoms with Gasteiger partial charge in [0.25, 0.3) is 0 Å². The van der Waals surface area contributed by atoms with E-state index < -0.39 is 5.97 Å². The Labute approximate surface area is 88.7 Å². The second-order valence-corrected chi connectivity index (χ2v) is 3.98. The van der Waals surface area contributed by atoms with E-state index in [1.54, 1.807) is 0 Å². The molecule has 0 unspecified atom stereocenters. The molecule has 0 aliphatic carbocycles. The Balaban J connectivity index is 2.23. The largest absolute Gasteiger partial charge is 0.490 e. The Hall–Kier alpha value is -1.51. The van der Waals surface area contributed by atoms with Crippen molar-refractivity contribution in [3.05, 3.63) is 29.3 Å². The van der Waals surface area contributed by atoms with Gasteiger partial charge in [-0.1, -0.05) is 12.1 Å². The first-order valence-electron chi connectivity index (χ1n) is 5.15. The van der Waals surface area contributed by atoms with Crippen molar-refractivity contribution in [2.45, 2.75) is 32.3 Å². The molecule has 1 N–H and O–H groups in total. The quantitative estimate of drug-likeness (QED) is 0.805. The first-order valence-corrected chi connectivity index (χ1v) is 5.15. The summed E-state index contributed by atoms with van der Waals surface area (Å²) in [6.07, 6.45) is 2.33. The molecule has 2 rings (SSSR count). The van der Waals surface area contributed by atoms with Crippen molar-refractivity contribution in [1.29, 1.82) is 0 Å². The van der Waals surface area contributed by atoms with Crippen molar-refractivity contribution in [2.24, 2.45) is 0 Å². The Morgan fingerprint density at radius 3 is 3.13 bits per heavy atom. The molecule has 0 fully saturated rings. The molecule has 3 nitrogen and oxygen atoms in total. The van der Waals surface area contributed by atoms with Crippen LogP contribution in [-0.2, 0) is 17.6 Å². The van der Waals surface area contributed by atoms with Crippen LogP contribution in [-0.4, -0.2) is 17.2 Å². The van der Waals surface area contributed by atoms with E-state index >= 15 is 0 Å². The molecular weight excluding hydrogens is 192 g/mol. The number of carboxylic acids is 1. The minimum atomic E-state index is -0.792. The molecule has 1 aliphatic heterocycles. The molecule has 1 heterocycles. The van der Waals surface area contributed by atoms with E-state index in [-0.39, 0.29) is 12.5 Å². The Morgan fingerprint density at radius 2 is 2.40 bits per heavy atom. The molecular formula is C12H14O3. The average Bonchev–Trinajstić information content (AvgIpc) is 2.17. The number of hydrogen-bond donors (Lipinski definition) is 1. The standard InChI is InChI=1S/C12H14O3/c1-8-2-4-10-6-9(7-12(13)14)3-5-11(10)15-8/h3,5-6,8H,2,4,7H2,1H3,(H,13,14)/t8-/m0/s1. The van der Waals surface area contributed by atoms with Crippen LogP contribution in [0.15, 0.2) is 18.2 Å². The number of hydrogen-bond acceptors (Lipinski definition) is 2. The first-order chi connectivity index (χ1) is 7.15. The smallest absolute Gasteiger partial charge is 0.307 e. The number of ether oxygens (including phenoxy) is 1. The summed E-state index contributed by atoms with van der Waals surface area (Å²) in [7, 11) is 0. The molecule has 1 aromatic rings. The van der Waals surface area contributed by atoms with Gasteiger partial charge >= 0.3 is 5.97 Å². The fourth-order valence-corrected chi connectivity index (χ4v) is 1.86.